The smallest absolute Gasteiger partial charge is 0.276 e. The van der Waals surface area contributed by atoms with Gasteiger partial charge in [0.1, 0.15) is 0 Å². The van der Waals surface area contributed by atoms with Crippen LogP contribution in [0.1, 0.15) is 48.8 Å². The lowest BCUT2D eigenvalue weighted by atomic mass is 9.72. The quantitative estimate of drug-likeness (QED) is 0.930. The van der Waals surface area contributed by atoms with Crippen molar-refractivity contribution in [3.8, 4) is 0 Å². The summed E-state index contributed by atoms with van der Waals surface area (Å²) >= 11 is 6.26. The molecule has 0 radical (unpaired) electrons. The van der Waals surface area contributed by atoms with Gasteiger partial charge in [0.25, 0.3) is 5.91 Å². The van der Waals surface area contributed by atoms with Gasteiger partial charge in [-0.15, -0.1) is 0 Å². The van der Waals surface area contributed by atoms with Crippen molar-refractivity contribution in [2.75, 3.05) is 6.61 Å². The van der Waals surface area contributed by atoms with Gasteiger partial charge in [0.15, 0.2) is 5.69 Å². The number of hydrogen-bond donors (Lipinski definition) is 1. The number of carbonyl (C=O) groups excluding carboxylic acids is 1. The maximum atomic E-state index is 12.9. The molecule has 3 atom stereocenters. The van der Waals surface area contributed by atoms with E-state index in [2.05, 4.69) is 12.0 Å². The highest BCUT2D eigenvalue weighted by Gasteiger charge is 2.56. The van der Waals surface area contributed by atoms with Crippen molar-refractivity contribution < 1.29 is 9.90 Å². The molecule has 2 aliphatic rings. The van der Waals surface area contributed by atoms with Crippen molar-refractivity contribution in [3.63, 3.8) is 0 Å². The van der Waals surface area contributed by atoms with Crippen molar-refractivity contribution in [1.29, 1.82) is 0 Å². The Bertz CT molecular complexity index is 580. The summed E-state index contributed by atoms with van der Waals surface area (Å²) in [7, 11) is 1.79. The van der Waals surface area contributed by atoms with Gasteiger partial charge in [-0.05, 0) is 32.6 Å². The molecule has 2 saturated heterocycles. The second-order valence-corrected chi connectivity index (χ2v) is 6.79. The summed E-state index contributed by atoms with van der Waals surface area (Å²) in [4.78, 5) is 14.8. The number of fused-ring (bicyclic) bond motifs is 2. The van der Waals surface area contributed by atoms with Gasteiger partial charge in [-0.1, -0.05) is 18.5 Å². The van der Waals surface area contributed by atoms with Crippen molar-refractivity contribution in [1.82, 2.24) is 14.7 Å². The molecular weight excluding hydrogens is 290 g/mol. The number of halogens is 1. The Balaban J connectivity index is 1.94. The fourth-order valence-corrected chi connectivity index (χ4v) is 4.34. The summed E-state index contributed by atoms with van der Waals surface area (Å²) in [5.74, 6) is -0.0834. The Labute approximate surface area is 129 Å². The van der Waals surface area contributed by atoms with Crippen LogP contribution in [-0.4, -0.2) is 44.4 Å². The molecule has 0 saturated carbocycles. The maximum Gasteiger partial charge on any atom is 0.276 e. The van der Waals surface area contributed by atoms with E-state index in [0.717, 1.165) is 31.4 Å². The number of rotatable bonds is 3. The average molecular weight is 312 g/mol. The topological polar surface area (TPSA) is 58.4 Å². The zero-order valence-electron chi connectivity index (χ0n) is 12.8. The van der Waals surface area contributed by atoms with Crippen LogP contribution in [-0.2, 0) is 7.05 Å². The molecule has 1 aromatic rings. The average Bonchev–Trinajstić information content (AvgIpc) is 3.12. The van der Waals surface area contributed by atoms with E-state index in [1.165, 1.54) is 0 Å². The molecular formula is C15H22ClN3O2. The third kappa shape index (κ3) is 1.94. The maximum absolute atomic E-state index is 12.9. The predicted molar refractivity (Wildman–Crippen MR) is 80.4 cm³/mol. The molecule has 3 heterocycles. The van der Waals surface area contributed by atoms with Crippen molar-refractivity contribution in [2.45, 2.75) is 51.6 Å². The molecule has 5 nitrogen and oxygen atoms in total. The second kappa shape index (κ2) is 4.99. The Kier molecular flexibility index (Phi) is 3.53. The number of aliphatic hydroxyl groups is 1. The molecule has 0 spiro atoms. The number of amides is 1. The third-order valence-corrected chi connectivity index (χ3v) is 6.02. The first-order valence-corrected chi connectivity index (χ1v) is 7.95. The number of aliphatic hydroxyl groups excluding tert-OH is 1. The Morgan fingerprint density at radius 2 is 2.24 bits per heavy atom. The third-order valence-electron chi connectivity index (χ3n) is 5.57. The van der Waals surface area contributed by atoms with E-state index in [-0.39, 0.29) is 30.0 Å². The fourth-order valence-electron chi connectivity index (χ4n) is 4.10. The minimum absolute atomic E-state index is 0.0834. The number of aryl methyl sites for hydroxylation is 1. The molecule has 1 N–H and O–H groups in total. The van der Waals surface area contributed by atoms with Crippen molar-refractivity contribution >= 4 is 17.5 Å². The monoisotopic (exact) mass is 311 g/mol. The van der Waals surface area contributed by atoms with Gasteiger partial charge < -0.3 is 10.0 Å². The molecule has 2 fully saturated rings. The van der Waals surface area contributed by atoms with E-state index in [0.29, 0.717) is 10.7 Å². The highest BCUT2D eigenvalue weighted by molar-refractivity contribution is 6.34. The molecule has 2 bridgehead atoms. The lowest BCUT2D eigenvalue weighted by Gasteiger charge is -2.34. The SMILES string of the molecule is CC[C@@]1(CO)C[C@@H]2CC[C@H]1N2C(=O)c1nn(C)c(C)c1Cl. The van der Waals surface area contributed by atoms with Gasteiger partial charge in [-0.25, -0.2) is 0 Å². The first-order valence-electron chi connectivity index (χ1n) is 7.57. The van der Waals surface area contributed by atoms with Crippen LogP contribution in [0.25, 0.3) is 0 Å². The van der Waals surface area contributed by atoms with Gasteiger partial charge in [0.2, 0.25) is 0 Å². The van der Waals surface area contributed by atoms with Gasteiger partial charge in [-0.2, -0.15) is 5.10 Å². The van der Waals surface area contributed by atoms with Crippen molar-refractivity contribution in [2.24, 2.45) is 12.5 Å². The zero-order chi connectivity index (χ0) is 15.4. The predicted octanol–water partition coefficient (Wildman–Crippen LogP) is 2.15. The highest BCUT2D eigenvalue weighted by Crippen LogP contribution is 2.52. The number of aromatic nitrogens is 2. The van der Waals surface area contributed by atoms with E-state index in [1.54, 1.807) is 11.7 Å². The van der Waals surface area contributed by atoms with Gasteiger partial charge in [0, 0.05) is 24.5 Å². The van der Waals surface area contributed by atoms with Crippen molar-refractivity contribution in [3.05, 3.63) is 16.4 Å². The first kappa shape index (κ1) is 14.9. The Morgan fingerprint density at radius 1 is 1.52 bits per heavy atom. The van der Waals surface area contributed by atoms with Crippen LogP contribution in [0.15, 0.2) is 0 Å². The normalized spacial score (nSPS) is 31.2. The van der Waals surface area contributed by atoms with E-state index < -0.39 is 0 Å². The summed E-state index contributed by atoms with van der Waals surface area (Å²) in [6, 6.07) is 0.330. The van der Waals surface area contributed by atoms with Crippen LogP contribution < -0.4 is 0 Å². The molecule has 2 aliphatic heterocycles. The standard InChI is InChI=1S/C15H22ClN3O2/c1-4-15(8-20)7-10-5-6-11(15)19(10)14(21)13-12(16)9(2)18(3)17-13/h10-11,20H,4-8H2,1-3H3/t10-,11+,15-/m0/s1. The number of hydrogen-bond acceptors (Lipinski definition) is 3. The van der Waals surface area contributed by atoms with Crippen LogP contribution in [0.3, 0.4) is 0 Å². The van der Waals surface area contributed by atoms with Crippen LogP contribution in [0.4, 0.5) is 0 Å². The molecule has 0 aliphatic carbocycles. The molecule has 1 amide bonds. The van der Waals surface area contributed by atoms with Crippen LogP contribution in [0.2, 0.25) is 5.02 Å². The summed E-state index contributed by atoms with van der Waals surface area (Å²) in [5, 5.41) is 14.6. The minimum Gasteiger partial charge on any atom is -0.396 e. The van der Waals surface area contributed by atoms with E-state index >= 15 is 0 Å². The molecule has 0 aromatic carbocycles. The Hall–Kier alpha value is -1.07. The van der Waals surface area contributed by atoms with Crippen LogP contribution in [0.5, 0.6) is 0 Å². The Morgan fingerprint density at radius 3 is 2.71 bits per heavy atom. The highest BCUT2D eigenvalue weighted by atomic mass is 35.5. The lowest BCUT2D eigenvalue weighted by Crippen LogP contribution is -2.42. The lowest BCUT2D eigenvalue weighted by molar-refractivity contribution is 0.0552. The summed E-state index contributed by atoms with van der Waals surface area (Å²) < 4.78 is 1.65. The van der Waals surface area contributed by atoms with Gasteiger partial charge >= 0.3 is 0 Å². The fraction of sp³-hybridized carbons (Fsp3) is 0.733. The van der Waals surface area contributed by atoms with Crippen LogP contribution in [0, 0.1) is 12.3 Å². The number of carbonyl (C=O) groups is 1. The minimum atomic E-state index is -0.144. The van der Waals surface area contributed by atoms with Gasteiger partial charge in [-0.3, -0.25) is 9.48 Å². The molecule has 3 rings (SSSR count). The molecule has 0 unspecified atom stereocenters. The van der Waals surface area contributed by atoms with Gasteiger partial charge in [0.05, 0.1) is 17.3 Å². The second-order valence-electron chi connectivity index (χ2n) is 6.41. The summed E-state index contributed by atoms with van der Waals surface area (Å²) in [6.07, 6.45) is 3.76. The molecule has 21 heavy (non-hydrogen) atoms. The van der Waals surface area contributed by atoms with E-state index in [4.69, 9.17) is 11.6 Å². The van der Waals surface area contributed by atoms with E-state index in [1.807, 2.05) is 11.8 Å². The summed E-state index contributed by atoms with van der Waals surface area (Å²) in [5.41, 5.74) is 1.00. The first-order chi connectivity index (χ1) is 9.95. The summed E-state index contributed by atoms with van der Waals surface area (Å²) in [6.45, 7) is 4.09. The number of nitrogens with zero attached hydrogens (tertiary/aromatic N) is 3. The molecule has 6 heteroatoms. The molecule has 1 aromatic heterocycles. The zero-order valence-corrected chi connectivity index (χ0v) is 13.5. The molecule has 116 valence electrons. The van der Waals surface area contributed by atoms with E-state index in [9.17, 15) is 9.90 Å². The largest absolute Gasteiger partial charge is 0.396 e. The van der Waals surface area contributed by atoms with Crippen LogP contribution >= 0.6 is 11.6 Å².